The van der Waals surface area contributed by atoms with Crippen LogP contribution >= 0.6 is 0 Å². The molecule has 0 amide bonds. The molecule has 1 aromatic heterocycles. The van der Waals surface area contributed by atoms with Gasteiger partial charge in [-0.2, -0.15) is 0 Å². The predicted octanol–water partition coefficient (Wildman–Crippen LogP) is 4.69. The second kappa shape index (κ2) is 6.57. The molecular formula is C22H17N3. The van der Waals surface area contributed by atoms with E-state index in [0.717, 1.165) is 28.3 Å². The summed E-state index contributed by atoms with van der Waals surface area (Å²) in [6, 6.07) is 32.1. The first-order valence-electron chi connectivity index (χ1n) is 8.18. The minimum absolute atomic E-state index is 0.255. The summed E-state index contributed by atoms with van der Waals surface area (Å²) in [6.45, 7) is 0. The standard InChI is InChI=1S/C22H17N3/c23-21-16-20(17-10-4-1-5-11-17)25(19-14-8-3-9-15-19)22(24-21)18-12-6-2-7-13-18/h1-16,23H. The molecule has 0 aliphatic heterocycles. The van der Waals surface area contributed by atoms with Gasteiger partial charge in [-0.15, -0.1) is 0 Å². The quantitative estimate of drug-likeness (QED) is 0.584. The third-order valence-electron chi connectivity index (χ3n) is 4.07. The first kappa shape index (κ1) is 15.1. The minimum Gasteiger partial charge on any atom is -0.294 e. The van der Waals surface area contributed by atoms with E-state index in [4.69, 9.17) is 5.41 Å². The summed E-state index contributed by atoms with van der Waals surface area (Å²) >= 11 is 0. The van der Waals surface area contributed by atoms with Crippen molar-refractivity contribution in [2.75, 3.05) is 0 Å². The molecule has 0 bridgehead atoms. The van der Waals surface area contributed by atoms with Crippen LogP contribution in [0.1, 0.15) is 0 Å². The molecule has 0 radical (unpaired) electrons. The van der Waals surface area contributed by atoms with Crippen LogP contribution in [0.3, 0.4) is 0 Å². The zero-order valence-corrected chi connectivity index (χ0v) is 13.6. The zero-order chi connectivity index (χ0) is 17.1. The lowest BCUT2D eigenvalue weighted by Gasteiger charge is -2.18. The van der Waals surface area contributed by atoms with Gasteiger partial charge in [0.05, 0.1) is 5.69 Å². The molecule has 0 aliphatic rings. The number of rotatable bonds is 3. The maximum absolute atomic E-state index is 8.21. The Morgan fingerprint density at radius 2 is 1.16 bits per heavy atom. The van der Waals surface area contributed by atoms with Crippen molar-refractivity contribution in [3.63, 3.8) is 0 Å². The van der Waals surface area contributed by atoms with Crippen LogP contribution in [0.4, 0.5) is 0 Å². The smallest absolute Gasteiger partial charge is 0.149 e. The van der Waals surface area contributed by atoms with Gasteiger partial charge in [0.25, 0.3) is 0 Å². The van der Waals surface area contributed by atoms with Crippen LogP contribution in [0.2, 0.25) is 0 Å². The van der Waals surface area contributed by atoms with Crippen LogP contribution in [0.5, 0.6) is 0 Å². The van der Waals surface area contributed by atoms with Crippen LogP contribution in [0.25, 0.3) is 28.3 Å². The molecule has 0 atom stereocenters. The molecule has 120 valence electrons. The van der Waals surface area contributed by atoms with Gasteiger partial charge in [-0.1, -0.05) is 78.9 Å². The molecule has 0 aliphatic carbocycles. The van der Waals surface area contributed by atoms with E-state index in [1.165, 1.54) is 0 Å². The highest BCUT2D eigenvalue weighted by atomic mass is 15.1. The fourth-order valence-electron chi connectivity index (χ4n) is 2.95. The average molecular weight is 323 g/mol. The molecule has 1 heterocycles. The Balaban J connectivity index is 2.09. The van der Waals surface area contributed by atoms with Gasteiger partial charge >= 0.3 is 0 Å². The van der Waals surface area contributed by atoms with Crippen LogP contribution in [-0.2, 0) is 0 Å². The molecule has 0 unspecified atom stereocenters. The van der Waals surface area contributed by atoms with Gasteiger partial charge in [0.15, 0.2) is 0 Å². The maximum atomic E-state index is 8.21. The van der Waals surface area contributed by atoms with E-state index in [9.17, 15) is 0 Å². The summed E-state index contributed by atoms with van der Waals surface area (Å²) in [7, 11) is 0. The zero-order valence-electron chi connectivity index (χ0n) is 13.6. The highest BCUT2D eigenvalue weighted by molar-refractivity contribution is 5.68. The first-order valence-corrected chi connectivity index (χ1v) is 8.18. The van der Waals surface area contributed by atoms with Crippen LogP contribution in [-0.4, -0.2) is 9.55 Å². The van der Waals surface area contributed by atoms with Crippen LogP contribution < -0.4 is 5.49 Å². The van der Waals surface area contributed by atoms with E-state index in [0.29, 0.717) is 0 Å². The molecule has 25 heavy (non-hydrogen) atoms. The normalized spacial score (nSPS) is 10.6. The summed E-state index contributed by atoms with van der Waals surface area (Å²) in [5.41, 5.74) is 4.26. The molecule has 4 rings (SSSR count). The molecule has 3 aromatic carbocycles. The Morgan fingerprint density at radius 1 is 0.640 bits per heavy atom. The lowest BCUT2D eigenvalue weighted by Crippen LogP contribution is -2.15. The Hall–Kier alpha value is -3.46. The van der Waals surface area contributed by atoms with Crippen molar-refractivity contribution in [2.24, 2.45) is 0 Å². The van der Waals surface area contributed by atoms with Gasteiger partial charge in [0, 0.05) is 17.3 Å². The minimum atomic E-state index is 0.255. The monoisotopic (exact) mass is 323 g/mol. The Labute approximate surface area is 146 Å². The van der Waals surface area contributed by atoms with Gasteiger partial charge in [-0.05, 0) is 17.7 Å². The number of hydrogen-bond donors (Lipinski definition) is 1. The highest BCUT2D eigenvalue weighted by Crippen LogP contribution is 2.27. The largest absolute Gasteiger partial charge is 0.294 e. The van der Waals surface area contributed by atoms with Crippen molar-refractivity contribution in [1.82, 2.24) is 9.55 Å². The topological polar surface area (TPSA) is 41.7 Å². The number of nitrogens with zero attached hydrogens (tertiary/aromatic N) is 2. The highest BCUT2D eigenvalue weighted by Gasteiger charge is 2.13. The van der Waals surface area contributed by atoms with Crippen molar-refractivity contribution >= 4 is 0 Å². The van der Waals surface area contributed by atoms with Gasteiger partial charge in [0.1, 0.15) is 11.3 Å². The van der Waals surface area contributed by atoms with Crippen molar-refractivity contribution in [1.29, 1.82) is 5.41 Å². The maximum Gasteiger partial charge on any atom is 0.149 e. The number of hydrogen-bond acceptors (Lipinski definition) is 2. The summed E-state index contributed by atoms with van der Waals surface area (Å²) < 4.78 is 2.11. The lowest BCUT2D eigenvalue weighted by atomic mass is 10.1. The summed E-state index contributed by atoms with van der Waals surface area (Å²) in [5.74, 6) is 0.762. The van der Waals surface area contributed by atoms with E-state index >= 15 is 0 Å². The summed E-state index contributed by atoms with van der Waals surface area (Å²) in [5, 5.41) is 8.21. The molecular weight excluding hydrogens is 306 g/mol. The SMILES string of the molecule is N=c1cc(-c2ccccc2)n(-c2ccccc2)c(-c2ccccc2)n1. The Kier molecular flexibility index (Phi) is 3.97. The second-order valence-electron chi connectivity index (χ2n) is 5.75. The lowest BCUT2D eigenvalue weighted by molar-refractivity contribution is 0.954. The predicted molar refractivity (Wildman–Crippen MR) is 100 cm³/mol. The number of benzene rings is 3. The van der Waals surface area contributed by atoms with Gasteiger partial charge in [0.2, 0.25) is 0 Å². The molecule has 3 nitrogen and oxygen atoms in total. The third kappa shape index (κ3) is 3.00. The molecule has 0 spiro atoms. The summed E-state index contributed by atoms with van der Waals surface area (Å²) in [6.07, 6.45) is 0. The number of aromatic nitrogens is 2. The number of nitrogens with one attached hydrogen (secondary N) is 1. The molecule has 3 heteroatoms. The van der Waals surface area contributed by atoms with Gasteiger partial charge in [-0.25, -0.2) is 4.98 Å². The fraction of sp³-hybridized carbons (Fsp3) is 0. The third-order valence-corrected chi connectivity index (χ3v) is 4.07. The molecule has 0 saturated heterocycles. The molecule has 1 N–H and O–H groups in total. The van der Waals surface area contributed by atoms with Crippen LogP contribution in [0, 0.1) is 5.41 Å². The Bertz CT molecular complexity index is 973. The van der Waals surface area contributed by atoms with E-state index in [1.807, 2.05) is 72.8 Å². The van der Waals surface area contributed by atoms with Gasteiger partial charge < -0.3 is 0 Å². The first-order chi connectivity index (χ1) is 12.3. The summed E-state index contributed by atoms with van der Waals surface area (Å²) in [4.78, 5) is 4.54. The van der Waals surface area contributed by atoms with Crippen molar-refractivity contribution in [3.05, 3.63) is 103 Å². The van der Waals surface area contributed by atoms with Crippen LogP contribution in [0.15, 0.2) is 97.1 Å². The van der Waals surface area contributed by atoms with E-state index < -0.39 is 0 Å². The van der Waals surface area contributed by atoms with E-state index in [-0.39, 0.29) is 5.49 Å². The fourth-order valence-corrected chi connectivity index (χ4v) is 2.95. The molecule has 0 saturated carbocycles. The van der Waals surface area contributed by atoms with Crippen molar-refractivity contribution in [2.45, 2.75) is 0 Å². The van der Waals surface area contributed by atoms with Crippen molar-refractivity contribution in [3.8, 4) is 28.3 Å². The Morgan fingerprint density at radius 3 is 1.76 bits per heavy atom. The molecule has 4 aromatic rings. The molecule has 0 fully saturated rings. The van der Waals surface area contributed by atoms with Gasteiger partial charge in [-0.3, -0.25) is 9.98 Å². The second-order valence-corrected chi connectivity index (χ2v) is 5.75. The van der Waals surface area contributed by atoms with Crippen molar-refractivity contribution < 1.29 is 0 Å². The van der Waals surface area contributed by atoms with E-state index in [2.05, 4.69) is 33.8 Å². The average Bonchev–Trinajstić information content (AvgIpc) is 2.69. The van der Waals surface area contributed by atoms with E-state index in [1.54, 1.807) is 0 Å². The number of para-hydroxylation sites is 1.